The molecule has 3 aromatic rings. The lowest BCUT2D eigenvalue weighted by Gasteiger charge is -2.16. The van der Waals surface area contributed by atoms with Gasteiger partial charge in [-0.3, -0.25) is 9.59 Å². The van der Waals surface area contributed by atoms with Crippen LogP contribution in [0.4, 0.5) is 5.82 Å². The van der Waals surface area contributed by atoms with Crippen LogP contribution in [-0.4, -0.2) is 60.7 Å². The van der Waals surface area contributed by atoms with Gasteiger partial charge in [0, 0.05) is 25.7 Å². The van der Waals surface area contributed by atoms with E-state index in [-0.39, 0.29) is 24.9 Å². The standard InChI is InChI=1S/C23H27N5O2/c1-17-10-12-18(13-11-17)20-14-21(28(25-20)19-8-6-5-7-9-19)24-22(29)15-27(4)16-23(30)26(2)3/h5-14H,15-16H2,1-4H3,(H,24,29)/p+1. The average molecular weight is 407 g/mol. The van der Waals surface area contributed by atoms with Crippen LogP contribution in [0.2, 0.25) is 0 Å². The molecule has 1 unspecified atom stereocenters. The first-order valence-corrected chi connectivity index (χ1v) is 9.87. The third-order valence-corrected chi connectivity index (χ3v) is 4.74. The van der Waals surface area contributed by atoms with Gasteiger partial charge in [0.05, 0.1) is 18.4 Å². The lowest BCUT2D eigenvalue weighted by molar-refractivity contribution is -0.862. The molecule has 7 heteroatoms. The van der Waals surface area contributed by atoms with Crippen molar-refractivity contribution in [2.75, 3.05) is 39.5 Å². The fraction of sp³-hybridized carbons (Fsp3) is 0.261. The molecule has 30 heavy (non-hydrogen) atoms. The predicted molar refractivity (Wildman–Crippen MR) is 118 cm³/mol. The Bertz CT molecular complexity index is 1010. The van der Waals surface area contributed by atoms with Crippen LogP contribution in [0.1, 0.15) is 5.56 Å². The average Bonchev–Trinajstić information content (AvgIpc) is 3.12. The van der Waals surface area contributed by atoms with E-state index in [2.05, 4.69) is 5.32 Å². The SMILES string of the molecule is Cc1ccc(-c2cc(NC(=O)C[NH+](C)CC(=O)N(C)C)n(-c3ccccc3)n2)cc1. The number of nitrogens with one attached hydrogen (secondary N) is 2. The summed E-state index contributed by atoms with van der Waals surface area (Å²) in [7, 11) is 5.24. The summed E-state index contributed by atoms with van der Waals surface area (Å²) in [5, 5.41) is 7.68. The molecular weight excluding hydrogens is 378 g/mol. The lowest BCUT2D eigenvalue weighted by atomic mass is 10.1. The number of para-hydroxylation sites is 1. The van der Waals surface area contributed by atoms with Crippen molar-refractivity contribution in [2.45, 2.75) is 6.92 Å². The Morgan fingerprint density at radius 2 is 1.70 bits per heavy atom. The Morgan fingerprint density at radius 3 is 2.33 bits per heavy atom. The first-order valence-electron chi connectivity index (χ1n) is 9.87. The Kier molecular flexibility index (Phi) is 6.64. The van der Waals surface area contributed by atoms with E-state index in [4.69, 9.17) is 5.10 Å². The first-order chi connectivity index (χ1) is 14.3. The first kappa shape index (κ1) is 21.3. The second kappa shape index (κ2) is 9.37. The number of hydrogen-bond donors (Lipinski definition) is 2. The number of quaternary nitrogens is 1. The predicted octanol–water partition coefficient (Wildman–Crippen LogP) is 1.39. The Hall–Kier alpha value is -3.45. The maximum atomic E-state index is 12.7. The third-order valence-electron chi connectivity index (χ3n) is 4.74. The minimum atomic E-state index is -0.174. The quantitative estimate of drug-likeness (QED) is 0.623. The monoisotopic (exact) mass is 406 g/mol. The van der Waals surface area contributed by atoms with Crippen molar-refractivity contribution in [2.24, 2.45) is 0 Å². The molecule has 1 atom stereocenters. The molecule has 0 saturated heterocycles. The zero-order valence-electron chi connectivity index (χ0n) is 17.8. The fourth-order valence-corrected chi connectivity index (χ4v) is 3.04. The number of amides is 2. The van der Waals surface area contributed by atoms with Gasteiger partial charge >= 0.3 is 0 Å². The number of nitrogens with zero attached hydrogens (tertiary/aromatic N) is 3. The normalized spacial score (nSPS) is 11.7. The highest BCUT2D eigenvalue weighted by Gasteiger charge is 2.18. The van der Waals surface area contributed by atoms with E-state index >= 15 is 0 Å². The van der Waals surface area contributed by atoms with Crippen molar-refractivity contribution in [3.63, 3.8) is 0 Å². The van der Waals surface area contributed by atoms with Gasteiger partial charge in [-0.2, -0.15) is 5.10 Å². The Labute approximate surface area is 176 Å². The lowest BCUT2D eigenvalue weighted by Crippen LogP contribution is -3.11. The van der Waals surface area contributed by atoms with Gasteiger partial charge in [0.1, 0.15) is 5.82 Å². The van der Waals surface area contributed by atoms with E-state index in [1.54, 1.807) is 18.8 Å². The molecule has 7 nitrogen and oxygen atoms in total. The van der Waals surface area contributed by atoms with E-state index in [1.165, 1.54) is 10.5 Å². The second-order valence-corrected chi connectivity index (χ2v) is 7.68. The molecule has 0 bridgehead atoms. The number of carbonyl (C=O) groups excluding carboxylic acids is 2. The van der Waals surface area contributed by atoms with Crippen LogP contribution in [0.5, 0.6) is 0 Å². The molecule has 0 fully saturated rings. The minimum Gasteiger partial charge on any atom is -0.344 e. The summed E-state index contributed by atoms with van der Waals surface area (Å²) in [5.74, 6) is 0.399. The van der Waals surface area contributed by atoms with Crippen LogP contribution in [0.15, 0.2) is 60.7 Å². The number of benzene rings is 2. The summed E-state index contributed by atoms with van der Waals surface area (Å²) >= 11 is 0. The highest BCUT2D eigenvalue weighted by molar-refractivity contribution is 5.91. The summed E-state index contributed by atoms with van der Waals surface area (Å²) < 4.78 is 1.73. The van der Waals surface area contributed by atoms with Gasteiger partial charge in [0.2, 0.25) is 0 Å². The van der Waals surface area contributed by atoms with Crippen molar-refractivity contribution in [3.05, 3.63) is 66.2 Å². The van der Waals surface area contributed by atoms with E-state index in [0.29, 0.717) is 5.82 Å². The van der Waals surface area contributed by atoms with E-state index in [1.807, 2.05) is 74.6 Å². The van der Waals surface area contributed by atoms with Crippen molar-refractivity contribution >= 4 is 17.6 Å². The minimum absolute atomic E-state index is 0.0173. The summed E-state index contributed by atoms with van der Waals surface area (Å²) in [5.41, 5.74) is 3.78. The number of aryl methyl sites for hydroxylation is 1. The Balaban J connectivity index is 1.83. The number of likely N-dealkylation sites (N-methyl/N-ethyl adjacent to an activating group) is 2. The summed E-state index contributed by atoms with van der Waals surface area (Å²) in [6, 6.07) is 19.7. The molecule has 2 aromatic carbocycles. The van der Waals surface area contributed by atoms with Gasteiger partial charge in [-0.15, -0.1) is 0 Å². The molecule has 2 N–H and O–H groups in total. The van der Waals surface area contributed by atoms with Crippen LogP contribution >= 0.6 is 0 Å². The maximum absolute atomic E-state index is 12.7. The topological polar surface area (TPSA) is 71.7 Å². The van der Waals surface area contributed by atoms with Crippen molar-refractivity contribution in [3.8, 4) is 16.9 Å². The molecule has 0 aliphatic carbocycles. The van der Waals surface area contributed by atoms with E-state index in [0.717, 1.165) is 21.8 Å². The number of hydrogen-bond acceptors (Lipinski definition) is 3. The van der Waals surface area contributed by atoms with Crippen LogP contribution in [0, 0.1) is 6.92 Å². The smallest absolute Gasteiger partial charge is 0.280 e. The molecule has 0 radical (unpaired) electrons. The highest BCUT2D eigenvalue weighted by Crippen LogP contribution is 2.25. The zero-order chi connectivity index (χ0) is 21.7. The van der Waals surface area contributed by atoms with Gasteiger partial charge in [-0.05, 0) is 19.1 Å². The largest absolute Gasteiger partial charge is 0.344 e. The maximum Gasteiger partial charge on any atom is 0.280 e. The number of anilines is 1. The molecule has 1 aromatic heterocycles. The number of carbonyl (C=O) groups is 2. The van der Waals surface area contributed by atoms with E-state index in [9.17, 15) is 9.59 Å². The molecule has 0 aliphatic heterocycles. The summed E-state index contributed by atoms with van der Waals surface area (Å²) in [4.78, 5) is 26.9. The van der Waals surface area contributed by atoms with Gasteiger partial charge in [0.25, 0.3) is 11.8 Å². The van der Waals surface area contributed by atoms with Gasteiger partial charge in [0.15, 0.2) is 13.1 Å². The van der Waals surface area contributed by atoms with Crippen molar-refractivity contribution < 1.29 is 14.5 Å². The van der Waals surface area contributed by atoms with E-state index < -0.39 is 0 Å². The molecule has 3 rings (SSSR count). The van der Waals surface area contributed by atoms with Crippen molar-refractivity contribution in [1.82, 2.24) is 14.7 Å². The summed E-state index contributed by atoms with van der Waals surface area (Å²) in [6.07, 6.45) is 0. The highest BCUT2D eigenvalue weighted by atomic mass is 16.2. The molecule has 0 spiro atoms. The van der Waals surface area contributed by atoms with Crippen molar-refractivity contribution in [1.29, 1.82) is 0 Å². The van der Waals surface area contributed by atoms with Crippen LogP contribution in [0.25, 0.3) is 16.9 Å². The number of rotatable bonds is 7. The molecule has 1 heterocycles. The summed E-state index contributed by atoms with van der Waals surface area (Å²) in [6.45, 7) is 2.48. The molecular formula is C23H28N5O2+. The Morgan fingerprint density at radius 1 is 1.03 bits per heavy atom. The second-order valence-electron chi connectivity index (χ2n) is 7.68. The van der Waals surface area contributed by atoms with Crippen LogP contribution < -0.4 is 10.2 Å². The molecule has 0 saturated carbocycles. The molecule has 2 amide bonds. The molecule has 156 valence electrons. The van der Waals surface area contributed by atoms with Crippen LogP contribution in [-0.2, 0) is 9.59 Å². The van der Waals surface area contributed by atoms with Gasteiger partial charge in [-0.25, -0.2) is 4.68 Å². The van der Waals surface area contributed by atoms with Gasteiger partial charge < -0.3 is 15.1 Å². The molecule has 0 aliphatic rings. The third kappa shape index (κ3) is 5.33. The zero-order valence-corrected chi connectivity index (χ0v) is 17.8. The van der Waals surface area contributed by atoms with Crippen LogP contribution in [0.3, 0.4) is 0 Å². The van der Waals surface area contributed by atoms with Gasteiger partial charge in [-0.1, -0.05) is 48.0 Å². The number of aromatic nitrogens is 2. The fourth-order valence-electron chi connectivity index (χ4n) is 3.04.